The molecule has 18 heavy (non-hydrogen) atoms. The van der Waals surface area contributed by atoms with Crippen molar-refractivity contribution in [2.24, 2.45) is 16.7 Å². The Morgan fingerprint density at radius 3 is 2.06 bits per heavy atom. The Hall–Kier alpha value is -1.06. The zero-order chi connectivity index (χ0) is 13.9. The van der Waals surface area contributed by atoms with E-state index in [1.807, 2.05) is 6.92 Å². The number of hydrogen-bond donors (Lipinski definition) is 1. The molecule has 1 aliphatic carbocycles. The summed E-state index contributed by atoms with van der Waals surface area (Å²) in [6, 6.07) is -0.737. The fraction of sp³-hybridized carbons (Fsp3) is 0.857. The van der Waals surface area contributed by atoms with Gasteiger partial charge in [-0.15, -0.1) is 0 Å². The second-order valence-corrected chi connectivity index (χ2v) is 6.89. The molecule has 1 saturated carbocycles. The van der Waals surface area contributed by atoms with Crippen LogP contribution < -0.4 is 5.32 Å². The Balaban J connectivity index is 2.13. The lowest BCUT2D eigenvalue weighted by Gasteiger charge is -2.36. The van der Waals surface area contributed by atoms with Gasteiger partial charge in [-0.1, -0.05) is 27.7 Å². The number of nitrogens with zero attached hydrogens (tertiary/aromatic N) is 1. The van der Waals surface area contributed by atoms with E-state index in [0.29, 0.717) is 12.5 Å². The second-order valence-electron chi connectivity index (χ2n) is 6.89. The van der Waals surface area contributed by atoms with Crippen LogP contribution in [0.3, 0.4) is 0 Å². The van der Waals surface area contributed by atoms with Crippen molar-refractivity contribution in [2.75, 3.05) is 6.54 Å². The van der Waals surface area contributed by atoms with Crippen LogP contribution in [0.25, 0.3) is 0 Å². The second kappa shape index (κ2) is 3.72. The minimum absolute atomic E-state index is 0.0422. The van der Waals surface area contributed by atoms with Crippen molar-refractivity contribution in [3.63, 3.8) is 0 Å². The van der Waals surface area contributed by atoms with Crippen molar-refractivity contribution in [1.82, 2.24) is 10.2 Å². The third kappa shape index (κ3) is 1.65. The molecule has 4 heteroatoms. The number of carbonyl (C=O) groups is 2. The number of carbonyl (C=O) groups excluding carboxylic acids is 2. The molecule has 0 radical (unpaired) electrons. The van der Waals surface area contributed by atoms with E-state index in [1.165, 1.54) is 0 Å². The average molecular weight is 252 g/mol. The van der Waals surface area contributed by atoms with Gasteiger partial charge in [0.25, 0.3) is 0 Å². The number of rotatable bonds is 2. The Morgan fingerprint density at radius 1 is 1.11 bits per heavy atom. The molecule has 2 unspecified atom stereocenters. The summed E-state index contributed by atoms with van der Waals surface area (Å²) in [5.41, 5.74) is 0.480. The van der Waals surface area contributed by atoms with E-state index >= 15 is 0 Å². The van der Waals surface area contributed by atoms with Gasteiger partial charge < -0.3 is 10.2 Å². The Bertz CT molecular complexity index is 387. The first-order valence-corrected chi connectivity index (χ1v) is 6.71. The molecule has 0 aromatic heterocycles. The fourth-order valence-electron chi connectivity index (χ4n) is 3.21. The van der Waals surface area contributed by atoms with Gasteiger partial charge in [-0.05, 0) is 30.6 Å². The highest BCUT2D eigenvalue weighted by atomic mass is 16.2. The van der Waals surface area contributed by atoms with Crippen LogP contribution in [0.5, 0.6) is 0 Å². The topological polar surface area (TPSA) is 49.4 Å². The summed E-state index contributed by atoms with van der Waals surface area (Å²) in [6.07, 6.45) is 0. The predicted molar refractivity (Wildman–Crippen MR) is 69.8 cm³/mol. The summed E-state index contributed by atoms with van der Waals surface area (Å²) in [5.74, 6) is 0.466. The van der Waals surface area contributed by atoms with Gasteiger partial charge in [0.2, 0.25) is 11.8 Å². The molecule has 2 rings (SSSR count). The molecule has 102 valence electrons. The largest absolute Gasteiger partial charge is 0.343 e. The molecule has 2 aliphatic rings. The molecule has 1 N–H and O–H groups in total. The molecule has 4 nitrogen and oxygen atoms in total. The molecule has 1 saturated heterocycles. The van der Waals surface area contributed by atoms with Crippen molar-refractivity contribution in [1.29, 1.82) is 0 Å². The highest BCUT2D eigenvalue weighted by molar-refractivity contribution is 5.96. The lowest BCUT2D eigenvalue weighted by molar-refractivity contribution is -0.148. The van der Waals surface area contributed by atoms with Crippen LogP contribution in [0.1, 0.15) is 41.5 Å². The van der Waals surface area contributed by atoms with Crippen molar-refractivity contribution in [3.8, 4) is 0 Å². The summed E-state index contributed by atoms with van der Waals surface area (Å²) in [5, 5.41) is 2.71. The van der Waals surface area contributed by atoms with Crippen LogP contribution in [0.2, 0.25) is 0 Å². The number of piperazine rings is 1. The van der Waals surface area contributed by atoms with Gasteiger partial charge in [0.1, 0.15) is 12.1 Å². The Kier molecular flexibility index (Phi) is 2.76. The molecular weight excluding hydrogens is 228 g/mol. The molecule has 2 amide bonds. The lowest BCUT2D eigenvalue weighted by Crippen LogP contribution is -2.61. The molecule has 0 aromatic carbocycles. The number of hydrogen-bond acceptors (Lipinski definition) is 2. The number of amides is 2. The Labute approximate surface area is 109 Å². The molecule has 1 aliphatic heterocycles. The van der Waals surface area contributed by atoms with E-state index < -0.39 is 6.04 Å². The minimum atomic E-state index is -0.390. The molecule has 0 aromatic rings. The third-order valence-electron chi connectivity index (χ3n) is 5.56. The first kappa shape index (κ1) is 13.4. The van der Waals surface area contributed by atoms with Gasteiger partial charge in [0, 0.05) is 6.54 Å². The van der Waals surface area contributed by atoms with Crippen molar-refractivity contribution >= 4 is 11.8 Å². The van der Waals surface area contributed by atoms with Crippen LogP contribution in [0.15, 0.2) is 0 Å². The van der Waals surface area contributed by atoms with Gasteiger partial charge in [-0.3, -0.25) is 9.59 Å². The van der Waals surface area contributed by atoms with E-state index in [4.69, 9.17) is 0 Å². The molecule has 1 heterocycles. The normalized spacial score (nSPS) is 34.4. The SMILES string of the molecule is CC1NC(=O)C(C)N(CC2C(C)(C)C2(C)C)C1=O. The highest BCUT2D eigenvalue weighted by Crippen LogP contribution is 2.68. The monoisotopic (exact) mass is 252 g/mol. The summed E-state index contributed by atoms with van der Waals surface area (Å²) >= 11 is 0. The van der Waals surface area contributed by atoms with E-state index in [9.17, 15) is 9.59 Å². The van der Waals surface area contributed by atoms with Crippen LogP contribution in [0.4, 0.5) is 0 Å². The van der Waals surface area contributed by atoms with E-state index in [2.05, 4.69) is 33.0 Å². The first-order chi connectivity index (χ1) is 8.10. The molecule has 0 spiro atoms. The molecular formula is C14H24N2O2. The van der Waals surface area contributed by atoms with Crippen molar-refractivity contribution < 1.29 is 9.59 Å². The van der Waals surface area contributed by atoms with Crippen LogP contribution >= 0.6 is 0 Å². The maximum absolute atomic E-state index is 12.2. The average Bonchev–Trinajstić information content (AvgIpc) is 2.63. The smallest absolute Gasteiger partial charge is 0.245 e. The van der Waals surface area contributed by atoms with E-state index in [1.54, 1.807) is 11.8 Å². The van der Waals surface area contributed by atoms with Gasteiger partial charge in [0.15, 0.2) is 0 Å². The maximum Gasteiger partial charge on any atom is 0.245 e. The van der Waals surface area contributed by atoms with Gasteiger partial charge in [0.05, 0.1) is 0 Å². The summed E-state index contributed by atoms with van der Waals surface area (Å²) in [4.78, 5) is 25.7. The zero-order valence-corrected chi connectivity index (χ0v) is 12.2. The quantitative estimate of drug-likeness (QED) is 0.807. The third-order valence-corrected chi connectivity index (χ3v) is 5.56. The molecule has 0 bridgehead atoms. The predicted octanol–water partition coefficient (Wildman–Crippen LogP) is 1.40. The van der Waals surface area contributed by atoms with Gasteiger partial charge in [-0.25, -0.2) is 0 Å². The standard InChI is InChI=1S/C14H24N2O2/c1-8-12(18)16(9(2)11(17)15-8)7-10-13(3,4)14(10,5)6/h8-10H,7H2,1-6H3,(H,15,17). The van der Waals surface area contributed by atoms with Crippen LogP contribution in [0, 0.1) is 16.7 Å². The molecule has 2 atom stereocenters. The summed E-state index contributed by atoms with van der Waals surface area (Å²) in [6.45, 7) is 13.2. The van der Waals surface area contributed by atoms with Crippen LogP contribution in [-0.4, -0.2) is 35.3 Å². The highest BCUT2D eigenvalue weighted by Gasteiger charge is 2.65. The van der Waals surface area contributed by atoms with Gasteiger partial charge in [-0.2, -0.15) is 0 Å². The van der Waals surface area contributed by atoms with Crippen molar-refractivity contribution in [3.05, 3.63) is 0 Å². The summed E-state index contributed by atoms with van der Waals surface area (Å²) < 4.78 is 0. The number of nitrogens with one attached hydrogen (secondary N) is 1. The first-order valence-electron chi connectivity index (χ1n) is 6.71. The minimum Gasteiger partial charge on any atom is -0.343 e. The van der Waals surface area contributed by atoms with Crippen LogP contribution in [-0.2, 0) is 9.59 Å². The van der Waals surface area contributed by atoms with Crippen molar-refractivity contribution in [2.45, 2.75) is 53.6 Å². The molecule has 2 fully saturated rings. The van der Waals surface area contributed by atoms with E-state index in [0.717, 1.165) is 0 Å². The lowest BCUT2D eigenvalue weighted by atomic mass is 10.0. The zero-order valence-electron chi connectivity index (χ0n) is 12.2. The fourth-order valence-corrected chi connectivity index (χ4v) is 3.21. The van der Waals surface area contributed by atoms with E-state index in [-0.39, 0.29) is 28.7 Å². The maximum atomic E-state index is 12.2. The Morgan fingerprint density at radius 2 is 1.61 bits per heavy atom. The van der Waals surface area contributed by atoms with Gasteiger partial charge >= 0.3 is 0 Å². The summed E-state index contributed by atoms with van der Waals surface area (Å²) in [7, 11) is 0.